The summed E-state index contributed by atoms with van der Waals surface area (Å²) in [7, 11) is -2.65. The summed E-state index contributed by atoms with van der Waals surface area (Å²) in [4.78, 5) is 11.8. The fourth-order valence-electron chi connectivity index (χ4n) is 2.31. The Bertz CT molecular complexity index is 864. The molecule has 0 heterocycles. The summed E-state index contributed by atoms with van der Waals surface area (Å²) in [5.41, 5.74) is 4.05. The van der Waals surface area contributed by atoms with Crippen LogP contribution in [-0.2, 0) is 14.8 Å². The summed E-state index contributed by atoms with van der Waals surface area (Å²) in [6, 6.07) is 11.7. The van der Waals surface area contributed by atoms with Crippen molar-refractivity contribution in [3.63, 3.8) is 0 Å². The minimum Gasteiger partial charge on any atom is -0.495 e. The van der Waals surface area contributed by atoms with E-state index in [4.69, 9.17) is 10.6 Å². The molecule has 7 nitrogen and oxygen atoms in total. The van der Waals surface area contributed by atoms with Crippen molar-refractivity contribution < 1.29 is 17.9 Å². The number of hydrazine groups is 1. The number of nitrogens with one attached hydrogen (secondary N) is 1. The number of hydrogen-bond donors (Lipinski definition) is 2. The lowest BCUT2D eigenvalue weighted by Crippen LogP contribution is -2.43. The predicted molar refractivity (Wildman–Crippen MR) is 95.8 cm³/mol. The van der Waals surface area contributed by atoms with E-state index < -0.39 is 22.5 Å². The number of benzene rings is 2. The van der Waals surface area contributed by atoms with Crippen molar-refractivity contribution in [2.45, 2.75) is 18.7 Å². The van der Waals surface area contributed by atoms with Crippen LogP contribution < -0.4 is 20.3 Å². The van der Waals surface area contributed by atoms with Crippen LogP contribution in [0.5, 0.6) is 5.75 Å². The Morgan fingerprint density at radius 1 is 1.12 bits per heavy atom. The van der Waals surface area contributed by atoms with Gasteiger partial charge in [0.2, 0.25) is 0 Å². The van der Waals surface area contributed by atoms with Crippen LogP contribution in [0.15, 0.2) is 47.4 Å². The Hall–Kier alpha value is -2.58. The first-order chi connectivity index (χ1) is 11.8. The number of nitrogens with zero attached hydrogens (tertiary/aromatic N) is 1. The topological polar surface area (TPSA) is 102 Å². The zero-order valence-corrected chi connectivity index (χ0v) is 15.1. The van der Waals surface area contributed by atoms with Crippen LogP contribution >= 0.6 is 0 Å². The summed E-state index contributed by atoms with van der Waals surface area (Å²) in [6.07, 6.45) is 0. The maximum Gasteiger partial charge on any atom is 0.268 e. The van der Waals surface area contributed by atoms with Gasteiger partial charge < -0.3 is 4.74 Å². The molecule has 0 fully saturated rings. The van der Waals surface area contributed by atoms with Crippen LogP contribution in [0.25, 0.3) is 0 Å². The van der Waals surface area contributed by atoms with Crippen molar-refractivity contribution in [3.8, 4) is 5.75 Å². The number of sulfonamides is 1. The maximum atomic E-state index is 13.2. The van der Waals surface area contributed by atoms with E-state index in [1.807, 2.05) is 12.3 Å². The van der Waals surface area contributed by atoms with Gasteiger partial charge in [-0.3, -0.25) is 14.5 Å². The van der Waals surface area contributed by atoms with Gasteiger partial charge in [0.1, 0.15) is 17.2 Å². The summed E-state index contributed by atoms with van der Waals surface area (Å²) in [6.45, 7) is 3.22. The molecule has 0 atom stereocenters. The highest BCUT2D eigenvalue weighted by atomic mass is 32.2. The third-order valence-electron chi connectivity index (χ3n) is 3.66. The van der Waals surface area contributed by atoms with Crippen LogP contribution in [0.4, 0.5) is 5.69 Å². The second-order valence-corrected chi connectivity index (χ2v) is 7.40. The van der Waals surface area contributed by atoms with E-state index in [9.17, 15) is 13.2 Å². The van der Waals surface area contributed by atoms with Gasteiger partial charge in [-0.1, -0.05) is 23.8 Å². The number of ether oxygens (including phenoxy) is 1. The van der Waals surface area contributed by atoms with Gasteiger partial charge >= 0.3 is 0 Å². The SMILES string of the molecule is COc1ccc(C)cc1S(=O)(=O)N(CC(=O)NN)c1ccc(C)cc1. The van der Waals surface area contributed by atoms with Crippen molar-refractivity contribution in [3.05, 3.63) is 53.6 Å². The van der Waals surface area contributed by atoms with Crippen molar-refractivity contribution in [1.82, 2.24) is 5.43 Å². The van der Waals surface area contributed by atoms with Gasteiger partial charge in [-0.2, -0.15) is 0 Å². The monoisotopic (exact) mass is 363 g/mol. The van der Waals surface area contributed by atoms with E-state index >= 15 is 0 Å². The molecule has 0 unspecified atom stereocenters. The molecular formula is C17H21N3O4S. The van der Waals surface area contributed by atoms with Gasteiger partial charge in [0.15, 0.2) is 0 Å². The lowest BCUT2D eigenvalue weighted by atomic mass is 10.2. The molecule has 134 valence electrons. The number of hydrogen-bond acceptors (Lipinski definition) is 5. The number of carbonyl (C=O) groups is 1. The number of amides is 1. The highest BCUT2D eigenvalue weighted by Crippen LogP contribution is 2.30. The molecule has 0 aliphatic carbocycles. The second kappa shape index (κ2) is 7.54. The minimum atomic E-state index is -4.05. The smallest absolute Gasteiger partial charge is 0.268 e. The van der Waals surface area contributed by atoms with Crippen LogP contribution in [0, 0.1) is 13.8 Å². The van der Waals surface area contributed by atoms with E-state index in [2.05, 4.69) is 0 Å². The molecule has 0 saturated carbocycles. The highest BCUT2D eigenvalue weighted by molar-refractivity contribution is 7.93. The van der Waals surface area contributed by atoms with E-state index in [-0.39, 0.29) is 10.6 Å². The predicted octanol–water partition coefficient (Wildman–Crippen LogP) is 1.50. The van der Waals surface area contributed by atoms with Gasteiger partial charge in [-0.25, -0.2) is 14.3 Å². The first-order valence-electron chi connectivity index (χ1n) is 7.53. The molecule has 2 rings (SSSR count). The molecule has 0 saturated heterocycles. The molecule has 8 heteroatoms. The average Bonchev–Trinajstić information content (AvgIpc) is 2.60. The Balaban J connectivity index is 2.61. The molecule has 0 spiro atoms. The zero-order chi connectivity index (χ0) is 18.6. The number of carbonyl (C=O) groups excluding carboxylic acids is 1. The second-order valence-electron chi connectivity index (χ2n) is 5.57. The first kappa shape index (κ1) is 18.8. The lowest BCUT2D eigenvalue weighted by Gasteiger charge is -2.25. The van der Waals surface area contributed by atoms with Crippen LogP contribution in [0.3, 0.4) is 0 Å². The van der Waals surface area contributed by atoms with Gasteiger partial charge in [0, 0.05) is 0 Å². The molecule has 1 amide bonds. The van der Waals surface area contributed by atoms with Crippen molar-refractivity contribution >= 4 is 21.6 Å². The largest absolute Gasteiger partial charge is 0.495 e. The Kier molecular flexibility index (Phi) is 5.66. The third-order valence-corrected chi connectivity index (χ3v) is 5.45. The third kappa shape index (κ3) is 4.09. The van der Waals surface area contributed by atoms with Crippen LogP contribution in [0.1, 0.15) is 11.1 Å². The number of anilines is 1. The normalized spacial score (nSPS) is 11.0. The Morgan fingerprint density at radius 2 is 1.72 bits per heavy atom. The van der Waals surface area contributed by atoms with Crippen molar-refractivity contribution in [1.29, 1.82) is 0 Å². The molecule has 0 radical (unpaired) electrons. The fraction of sp³-hybridized carbons (Fsp3) is 0.235. The lowest BCUT2D eigenvalue weighted by molar-refractivity contribution is -0.119. The minimum absolute atomic E-state index is 0.0135. The van der Waals surface area contributed by atoms with E-state index in [0.717, 1.165) is 15.4 Å². The number of rotatable bonds is 6. The molecular weight excluding hydrogens is 342 g/mol. The van der Waals surface area contributed by atoms with E-state index in [1.54, 1.807) is 43.3 Å². The standard InChI is InChI=1S/C17H21N3O4S/c1-12-4-7-14(8-5-12)20(11-17(21)19-18)25(22,23)16-10-13(2)6-9-15(16)24-3/h4-10H,11,18H2,1-3H3,(H,19,21). The quantitative estimate of drug-likeness (QED) is 0.460. The van der Waals surface area contributed by atoms with E-state index in [0.29, 0.717) is 5.69 Å². The molecule has 2 aromatic rings. The van der Waals surface area contributed by atoms with E-state index in [1.165, 1.54) is 13.2 Å². The van der Waals surface area contributed by atoms with Gasteiger partial charge in [-0.15, -0.1) is 0 Å². The first-order valence-corrected chi connectivity index (χ1v) is 8.97. The van der Waals surface area contributed by atoms with Gasteiger partial charge in [0.05, 0.1) is 12.8 Å². The summed E-state index contributed by atoms with van der Waals surface area (Å²) >= 11 is 0. The molecule has 0 aromatic heterocycles. The van der Waals surface area contributed by atoms with Crippen LogP contribution in [0.2, 0.25) is 0 Å². The van der Waals surface area contributed by atoms with Crippen molar-refractivity contribution in [2.75, 3.05) is 18.0 Å². The summed E-state index contributed by atoms with van der Waals surface area (Å²) < 4.78 is 32.7. The summed E-state index contributed by atoms with van der Waals surface area (Å²) in [5, 5.41) is 0. The zero-order valence-electron chi connectivity index (χ0n) is 14.3. The Labute approximate surface area is 147 Å². The van der Waals surface area contributed by atoms with Gasteiger partial charge in [-0.05, 0) is 43.7 Å². The van der Waals surface area contributed by atoms with Crippen LogP contribution in [-0.4, -0.2) is 28.0 Å². The average molecular weight is 363 g/mol. The number of methoxy groups -OCH3 is 1. The molecule has 0 bridgehead atoms. The Morgan fingerprint density at radius 3 is 2.28 bits per heavy atom. The highest BCUT2D eigenvalue weighted by Gasteiger charge is 2.30. The number of nitrogens with two attached hydrogens (primary N) is 1. The molecule has 0 aliphatic rings. The van der Waals surface area contributed by atoms with Gasteiger partial charge in [0.25, 0.3) is 15.9 Å². The fourth-order valence-corrected chi connectivity index (χ4v) is 3.97. The van der Waals surface area contributed by atoms with Crippen molar-refractivity contribution in [2.24, 2.45) is 5.84 Å². The molecule has 3 N–H and O–H groups in total. The maximum absolute atomic E-state index is 13.2. The molecule has 25 heavy (non-hydrogen) atoms. The molecule has 2 aromatic carbocycles. The number of aryl methyl sites for hydroxylation is 2. The summed E-state index contributed by atoms with van der Waals surface area (Å²) in [5.74, 6) is 4.71. The molecule has 0 aliphatic heterocycles.